The van der Waals surface area contributed by atoms with E-state index in [1.54, 1.807) is 0 Å². The highest BCUT2D eigenvalue weighted by Crippen LogP contribution is 2.09. The van der Waals surface area contributed by atoms with E-state index in [9.17, 15) is 9.59 Å². The molecule has 104 valence electrons. The fourth-order valence-corrected chi connectivity index (χ4v) is 1.87. The molecule has 0 heterocycles. The molecule has 0 aromatic heterocycles. The molecule has 0 saturated carbocycles. The van der Waals surface area contributed by atoms with Gasteiger partial charge in [0.25, 0.3) is 5.91 Å². The molecule has 0 bridgehead atoms. The average Bonchev–Trinajstić information content (AvgIpc) is 2.45. The second kappa shape index (κ2) is 9.28. The van der Waals surface area contributed by atoms with Gasteiger partial charge in [-0.2, -0.15) is 0 Å². The lowest BCUT2D eigenvalue weighted by Gasteiger charge is -2.09. The molecule has 0 spiro atoms. The quantitative estimate of drug-likeness (QED) is 0.524. The Morgan fingerprint density at radius 3 is 2.74 bits per heavy atom. The minimum Gasteiger partial charge on any atom is -0.352 e. The first-order valence-electron chi connectivity index (χ1n) is 6.74. The number of unbranched alkanes of at least 4 members (excludes halogenated alkanes) is 2. The van der Waals surface area contributed by atoms with Gasteiger partial charge in [0.05, 0.1) is 0 Å². The molecule has 0 aliphatic carbocycles. The molecule has 19 heavy (non-hydrogen) atoms. The van der Waals surface area contributed by atoms with E-state index in [0.29, 0.717) is 13.0 Å². The summed E-state index contributed by atoms with van der Waals surface area (Å²) in [5.74, 6) is -0.0298. The van der Waals surface area contributed by atoms with Crippen molar-refractivity contribution in [1.82, 2.24) is 10.6 Å². The highest BCUT2D eigenvalue weighted by Gasteiger charge is 2.09. The van der Waals surface area contributed by atoms with Crippen LogP contribution in [-0.4, -0.2) is 32.3 Å². The predicted octanol–water partition coefficient (Wildman–Crippen LogP) is 1.55. The third-order valence-corrected chi connectivity index (χ3v) is 2.94. The number of hydrogen-bond donors (Lipinski definition) is 2. The molecule has 0 radical (unpaired) electrons. The van der Waals surface area contributed by atoms with Crippen molar-refractivity contribution in [3.63, 3.8) is 0 Å². The van der Waals surface area contributed by atoms with Gasteiger partial charge in [0.1, 0.15) is 6.29 Å². The van der Waals surface area contributed by atoms with Gasteiger partial charge in [-0.3, -0.25) is 4.79 Å². The van der Waals surface area contributed by atoms with Crippen LogP contribution in [0.3, 0.4) is 0 Å². The third-order valence-electron chi connectivity index (χ3n) is 2.94. The lowest BCUT2D eigenvalue weighted by Crippen LogP contribution is -2.26. The van der Waals surface area contributed by atoms with Crippen molar-refractivity contribution in [3.8, 4) is 0 Å². The predicted molar refractivity (Wildman–Crippen MR) is 76.3 cm³/mol. The van der Waals surface area contributed by atoms with E-state index in [-0.39, 0.29) is 5.91 Å². The zero-order chi connectivity index (χ0) is 13.9. The number of rotatable bonds is 9. The molecule has 0 aliphatic heterocycles. The van der Waals surface area contributed by atoms with Gasteiger partial charge in [0, 0.05) is 18.5 Å². The van der Waals surface area contributed by atoms with Gasteiger partial charge in [0.15, 0.2) is 0 Å². The first-order chi connectivity index (χ1) is 9.29. The van der Waals surface area contributed by atoms with Crippen LogP contribution in [0.4, 0.5) is 0 Å². The zero-order valence-electron chi connectivity index (χ0n) is 11.4. The molecule has 0 unspecified atom stereocenters. The number of amides is 1. The molecule has 1 aromatic carbocycles. The lowest BCUT2D eigenvalue weighted by molar-refractivity contribution is -0.107. The van der Waals surface area contributed by atoms with Crippen molar-refractivity contribution < 1.29 is 9.59 Å². The summed E-state index contributed by atoms with van der Waals surface area (Å²) in [5.41, 5.74) is 1.80. The monoisotopic (exact) mass is 262 g/mol. The van der Waals surface area contributed by atoms with E-state index < -0.39 is 0 Å². The van der Waals surface area contributed by atoms with Crippen molar-refractivity contribution in [2.75, 3.05) is 20.1 Å². The van der Waals surface area contributed by atoms with E-state index in [1.165, 1.54) is 0 Å². The zero-order valence-corrected chi connectivity index (χ0v) is 11.4. The molecule has 4 heteroatoms. The Labute approximate surface area is 114 Å². The first-order valence-corrected chi connectivity index (χ1v) is 6.74. The van der Waals surface area contributed by atoms with Crippen molar-refractivity contribution in [2.24, 2.45) is 0 Å². The number of carbonyl (C=O) groups excluding carboxylic acids is 2. The number of carbonyl (C=O) groups is 2. The molecular weight excluding hydrogens is 240 g/mol. The smallest absolute Gasteiger partial charge is 0.251 e. The van der Waals surface area contributed by atoms with Gasteiger partial charge in [-0.25, -0.2) is 0 Å². The van der Waals surface area contributed by atoms with Crippen LogP contribution < -0.4 is 10.6 Å². The van der Waals surface area contributed by atoms with Crippen LogP contribution in [0.1, 0.15) is 35.2 Å². The average molecular weight is 262 g/mol. The Bertz CT molecular complexity index is 405. The lowest BCUT2D eigenvalue weighted by atomic mass is 10.0. The summed E-state index contributed by atoms with van der Waals surface area (Å²) in [6.45, 7) is 1.47. The molecule has 0 saturated heterocycles. The SMILES string of the molecule is CNCCc1ccccc1C(=O)NCCCCC=O. The van der Waals surface area contributed by atoms with E-state index in [1.807, 2.05) is 31.3 Å². The summed E-state index contributed by atoms with van der Waals surface area (Å²) in [7, 11) is 1.90. The normalized spacial score (nSPS) is 10.2. The van der Waals surface area contributed by atoms with E-state index >= 15 is 0 Å². The van der Waals surface area contributed by atoms with Crippen molar-refractivity contribution in [1.29, 1.82) is 0 Å². The Morgan fingerprint density at radius 2 is 2.00 bits per heavy atom. The summed E-state index contributed by atoms with van der Waals surface area (Å²) in [6, 6.07) is 7.67. The highest BCUT2D eigenvalue weighted by molar-refractivity contribution is 5.95. The molecule has 1 amide bonds. The van der Waals surface area contributed by atoms with Gasteiger partial charge in [0.2, 0.25) is 0 Å². The Kier molecular flexibility index (Phi) is 7.51. The minimum absolute atomic E-state index is 0.0298. The summed E-state index contributed by atoms with van der Waals surface area (Å²) >= 11 is 0. The maximum Gasteiger partial charge on any atom is 0.251 e. The van der Waals surface area contributed by atoms with Crippen LogP contribution in [0.15, 0.2) is 24.3 Å². The van der Waals surface area contributed by atoms with E-state index in [2.05, 4.69) is 10.6 Å². The van der Waals surface area contributed by atoms with Gasteiger partial charge in [-0.05, 0) is 44.5 Å². The maximum absolute atomic E-state index is 12.1. The van der Waals surface area contributed by atoms with Gasteiger partial charge < -0.3 is 15.4 Å². The molecule has 2 N–H and O–H groups in total. The van der Waals surface area contributed by atoms with Crippen LogP contribution >= 0.6 is 0 Å². The Hall–Kier alpha value is -1.68. The molecule has 0 aliphatic rings. The van der Waals surface area contributed by atoms with Crippen LogP contribution in [0, 0.1) is 0 Å². The fraction of sp³-hybridized carbons (Fsp3) is 0.467. The van der Waals surface area contributed by atoms with Crippen LogP contribution in [-0.2, 0) is 11.2 Å². The van der Waals surface area contributed by atoms with Crippen LogP contribution in [0.2, 0.25) is 0 Å². The van der Waals surface area contributed by atoms with Gasteiger partial charge >= 0.3 is 0 Å². The number of likely N-dealkylation sites (N-methyl/N-ethyl adjacent to an activating group) is 1. The number of benzene rings is 1. The third kappa shape index (κ3) is 5.66. The largest absolute Gasteiger partial charge is 0.352 e. The molecule has 0 fully saturated rings. The second-order valence-electron chi connectivity index (χ2n) is 4.43. The highest BCUT2D eigenvalue weighted by atomic mass is 16.1. The molecule has 0 atom stereocenters. The van der Waals surface area contributed by atoms with E-state index in [0.717, 1.165) is 43.2 Å². The molecule has 1 rings (SSSR count). The first kappa shape index (κ1) is 15.4. The molecule has 1 aromatic rings. The Morgan fingerprint density at radius 1 is 1.21 bits per heavy atom. The summed E-state index contributed by atoms with van der Waals surface area (Å²) in [4.78, 5) is 22.2. The number of aldehydes is 1. The van der Waals surface area contributed by atoms with Gasteiger partial charge in [-0.1, -0.05) is 18.2 Å². The number of nitrogens with one attached hydrogen (secondary N) is 2. The second-order valence-corrected chi connectivity index (χ2v) is 4.43. The van der Waals surface area contributed by atoms with Crippen LogP contribution in [0.25, 0.3) is 0 Å². The van der Waals surface area contributed by atoms with Gasteiger partial charge in [-0.15, -0.1) is 0 Å². The molecule has 4 nitrogen and oxygen atoms in total. The molecular formula is C15H22N2O2. The van der Waals surface area contributed by atoms with E-state index in [4.69, 9.17) is 0 Å². The summed E-state index contributed by atoms with van der Waals surface area (Å²) < 4.78 is 0. The topological polar surface area (TPSA) is 58.2 Å². The number of hydrogen-bond acceptors (Lipinski definition) is 3. The van der Waals surface area contributed by atoms with Crippen molar-refractivity contribution in [2.45, 2.75) is 25.7 Å². The Balaban J connectivity index is 2.48. The van der Waals surface area contributed by atoms with Crippen molar-refractivity contribution in [3.05, 3.63) is 35.4 Å². The van der Waals surface area contributed by atoms with Crippen LogP contribution in [0.5, 0.6) is 0 Å². The summed E-state index contributed by atoms with van der Waals surface area (Å²) in [5, 5.41) is 5.98. The van der Waals surface area contributed by atoms with Crippen molar-refractivity contribution >= 4 is 12.2 Å². The maximum atomic E-state index is 12.1. The standard InChI is InChI=1S/C15H22N2O2/c1-16-11-9-13-7-3-4-8-14(13)15(19)17-10-5-2-6-12-18/h3-4,7-8,12,16H,2,5-6,9-11H2,1H3,(H,17,19). The summed E-state index contributed by atoms with van der Waals surface area (Å²) in [6.07, 6.45) is 3.98. The fourth-order valence-electron chi connectivity index (χ4n) is 1.87. The minimum atomic E-state index is -0.0298.